The number of fused-ring (bicyclic) bond motifs is 1. The number of aliphatic hydroxyl groups excluding tert-OH is 1. The summed E-state index contributed by atoms with van der Waals surface area (Å²) in [6.45, 7) is 0. The number of hydrogen-bond donors (Lipinski definition) is 1. The van der Waals surface area contributed by atoms with Crippen molar-refractivity contribution in [2.75, 3.05) is 0 Å². The summed E-state index contributed by atoms with van der Waals surface area (Å²) >= 11 is 0. The topological polar surface area (TPSA) is 50.9 Å². The van der Waals surface area contributed by atoms with Crippen LogP contribution in [0.1, 0.15) is 24.9 Å². The molecule has 17 heavy (non-hydrogen) atoms. The van der Waals surface area contributed by atoms with E-state index in [0.29, 0.717) is 17.8 Å². The van der Waals surface area contributed by atoms with Gasteiger partial charge in [-0.1, -0.05) is 12.1 Å². The molecule has 5 heteroatoms. The second kappa shape index (κ2) is 3.92. The van der Waals surface area contributed by atoms with Crippen LogP contribution in [-0.4, -0.2) is 19.9 Å². The van der Waals surface area contributed by atoms with Crippen molar-refractivity contribution in [1.82, 2.24) is 14.8 Å². The normalized spacial score (nSPS) is 19.1. The largest absolute Gasteiger partial charge is 0.372 e. The number of halogens is 1. The van der Waals surface area contributed by atoms with Gasteiger partial charge in [0.2, 0.25) is 0 Å². The minimum absolute atomic E-state index is 0.343. The van der Waals surface area contributed by atoms with E-state index in [2.05, 4.69) is 10.1 Å². The highest BCUT2D eigenvalue weighted by Crippen LogP contribution is 2.25. The molecular formula is C12H12FN3O. The number of aromatic nitrogens is 3. The van der Waals surface area contributed by atoms with Gasteiger partial charge in [-0.25, -0.2) is 14.1 Å². The summed E-state index contributed by atoms with van der Waals surface area (Å²) in [5, 5.41) is 13.9. The Labute approximate surface area is 97.7 Å². The molecule has 1 aromatic heterocycles. The lowest BCUT2D eigenvalue weighted by Gasteiger charge is -2.17. The summed E-state index contributed by atoms with van der Waals surface area (Å²) < 4.78 is 15.1. The Morgan fingerprint density at radius 1 is 1.35 bits per heavy atom. The van der Waals surface area contributed by atoms with Gasteiger partial charge in [0.15, 0.2) is 5.82 Å². The molecule has 0 radical (unpaired) electrons. The van der Waals surface area contributed by atoms with Crippen molar-refractivity contribution in [3.05, 3.63) is 35.9 Å². The molecule has 0 amide bonds. The van der Waals surface area contributed by atoms with Gasteiger partial charge in [-0.2, -0.15) is 0 Å². The number of aryl methyl sites for hydroxylation is 1. The summed E-state index contributed by atoms with van der Waals surface area (Å²) in [6, 6.07) is 6.40. The molecule has 2 heterocycles. The molecule has 1 aromatic carbocycles. The Balaban J connectivity index is 2.08. The zero-order valence-corrected chi connectivity index (χ0v) is 9.17. The third-order valence-electron chi connectivity index (χ3n) is 2.96. The third kappa shape index (κ3) is 1.72. The van der Waals surface area contributed by atoms with Crippen LogP contribution in [0.15, 0.2) is 24.3 Å². The molecule has 3 rings (SSSR count). The van der Waals surface area contributed by atoms with Crippen LogP contribution in [0.2, 0.25) is 0 Å². The highest BCUT2D eigenvalue weighted by Gasteiger charge is 2.22. The Kier molecular flexibility index (Phi) is 2.40. The predicted molar refractivity (Wildman–Crippen MR) is 59.6 cm³/mol. The average molecular weight is 233 g/mol. The van der Waals surface area contributed by atoms with Crippen LogP contribution < -0.4 is 0 Å². The number of hydrogen-bond acceptors (Lipinski definition) is 3. The first-order chi connectivity index (χ1) is 8.25. The molecule has 1 aliphatic heterocycles. The maximum atomic E-state index is 13.6. The number of rotatable bonds is 1. The summed E-state index contributed by atoms with van der Waals surface area (Å²) in [5.74, 6) is 0.728. The molecule has 4 nitrogen and oxygen atoms in total. The Morgan fingerprint density at radius 2 is 2.18 bits per heavy atom. The van der Waals surface area contributed by atoms with E-state index >= 15 is 0 Å². The van der Waals surface area contributed by atoms with E-state index in [-0.39, 0.29) is 5.82 Å². The third-order valence-corrected chi connectivity index (χ3v) is 2.96. The SMILES string of the molecule is OC1CCCc2nc(-c3ccccc3F)nn21. The molecule has 0 bridgehead atoms. The fourth-order valence-corrected chi connectivity index (χ4v) is 2.09. The van der Waals surface area contributed by atoms with Gasteiger partial charge in [-0.3, -0.25) is 0 Å². The number of nitrogens with zero attached hydrogens (tertiary/aromatic N) is 3. The summed E-state index contributed by atoms with van der Waals surface area (Å²) in [7, 11) is 0. The van der Waals surface area contributed by atoms with E-state index in [1.807, 2.05) is 0 Å². The molecule has 1 N–H and O–H groups in total. The lowest BCUT2D eigenvalue weighted by Crippen LogP contribution is -2.18. The molecule has 1 unspecified atom stereocenters. The molecule has 1 aliphatic rings. The number of aliphatic hydroxyl groups is 1. The highest BCUT2D eigenvalue weighted by molar-refractivity contribution is 5.55. The fraction of sp³-hybridized carbons (Fsp3) is 0.333. The maximum absolute atomic E-state index is 13.6. The van der Waals surface area contributed by atoms with Crippen LogP contribution in [0.25, 0.3) is 11.4 Å². The van der Waals surface area contributed by atoms with Crippen molar-refractivity contribution >= 4 is 0 Å². The Bertz CT molecular complexity index is 552. The molecule has 1 atom stereocenters. The fourth-order valence-electron chi connectivity index (χ4n) is 2.09. The van der Waals surface area contributed by atoms with Crippen LogP contribution in [0.3, 0.4) is 0 Å². The first-order valence-corrected chi connectivity index (χ1v) is 5.64. The van der Waals surface area contributed by atoms with Gasteiger partial charge in [0.25, 0.3) is 0 Å². The lowest BCUT2D eigenvalue weighted by atomic mass is 10.1. The monoisotopic (exact) mass is 233 g/mol. The van der Waals surface area contributed by atoms with Crippen LogP contribution in [0, 0.1) is 5.82 Å². The quantitative estimate of drug-likeness (QED) is 0.818. The van der Waals surface area contributed by atoms with Gasteiger partial charge in [-0.15, -0.1) is 5.10 Å². The van der Waals surface area contributed by atoms with E-state index in [4.69, 9.17) is 0 Å². The van der Waals surface area contributed by atoms with Gasteiger partial charge in [0, 0.05) is 6.42 Å². The molecule has 88 valence electrons. The standard InChI is InChI=1S/C12H12FN3O/c13-9-5-2-1-4-8(9)12-14-10-6-3-7-11(17)16(10)15-12/h1-2,4-5,11,17H,3,6-7H2. The van der Waals surface area contributed by atoms with Crippen molar-refractivity contribution in [3.63, 3.8) is 0 Å². The van der Waals surface area contributed by atoms with Crippen molar-refractivity contribution in [2.24, 2.45) is 0 Å². The second-order valence-electron chi connectivity index (χ2n) is 4.15. The van der Waals surface area contributed by atoms with Crippen molar-refractivity contribution < 1.29 is 9.50 Å². The van der Waals surface area contributed by atoms with E-state index < -0.39 is 6.23 Å². The zero-order chi connectivity index (χ0) is 11.8. The smallest absolute Gasteiger partial charge is 0.184 e. The van der Waals surface area contributed by atoms with Crippen molar-refractivity contribution in [1.29, 1.82) is 0 Å². The van der Waals surface area contributed by atoms with E-state index in [1.165, 1.54) is 10.7 Å². The first kappa shape index (κ1) is 10.4. The van der Waals surface area contributed by atoms with E-state index in [9.17, 15) is 9.50 Å². The summed E-state index contributed by atoms with van der Waals surface area (Å²) in [4.78, 5) is 4.28. The summed E-state index contributed by atoms with van der Waals surface area (Å²) in [6.07, 6.45) is 1.70. The van der Waals surface area contributed by atoms with Crippen LogP contribution in [0.4, 0.5) is 4.39 Å². The van der Waals surface area contributed by atoms with Crippen molar-refractivity contribution in [3.8, 4) is 11.4 Å². The minimum Gasteiger partial charge on any atom is -0.372 e. The van der Waals surface area contributed by atoms with Crippen molar-refractivity contribution in [2.45, 2.75) is 25.5 Å². The van der Waals surface area contributed by atoms with E-state index in [1.54, 1.807) is 18.2 Å². The average Bonchev–Trinajstić information content (AvgIpc) is 2.75. The summed E-state index contributed by atoms with van der Waals surface area (Å²) in [5.41, 5.74) is 0.376. The zero-order valence-electron chi connectivity index (χ0n) is 9.17. The maximum Gasteiger partial charge on any atom is 0.184 e. The minimum atomic E-state index is -0.633. The molecule has 0 saturated carbocycles. The molecular weight excluding hydrogens is 221 g/mol. The molecule has 0 saturated heterocycles. The van der Waals surface area contributed by atoms with Gasteiger partial charge in [-0.05, 0) is 25.0 Å². The van der Waals surface area contributed by atoms with Crippen LogP contribution in [0.5, 0.6) is 0 Å². The Hall–Kier alpha value is -1.75. The number of benzene rings is 1. The van der Waals surface area contributed by atoms with Gasteiger partial charge >= 0.3 is 0 Å². The molecule has 0 aliphatic carbocycles. The Morgan fingerprint density at radius 3 is 2.94 bits per heavy atom. The first-order valence-electron chi connectivity index (χ1n) is 5.64. The van der Waals surface area contributed by atoms with Crippen LogP contribution in [-0.2, 0) is 6.42 Å². The van der Waals surface area contributed by atoms with Gasteiger partial charge in [0.05, 0.1) is 5.56 Å². The molecule has 2 aromatic rings. The second-order valence-corrected chi connectivity index (χ2v) is 4.15. The van der Waals surface area contributed by atoms with Gasteiger partial charge < -0.3 is 5.11 Å². The lowest BCUT2D eigenvalue weighted by molar-refractivity contribution is 0.0648. The van der Waals surface area contributed by atoms with E-state index in [0.717, 1.165) is 18.7 Å². The molecule has 0 spiro atoms. The predicted octanol–water partition coefficient (Wildman–Crippen LogP) is 1.91. The highest BCUT2D eigenvalue weighted by atomic mass is 19.1. The van der Waals surface area contributed by atoms with Gasteiger partial charge in [0.1, 0.15) is 17.9 Å². The molecule has 0 fully saturated rings. The van der Waals surface area contributed by atoms with Crippen LogP contribution >= 0.6 is 0 Å².